The first-order valence-electron chi connectivity index (χ1n) is 9.44. The van der Waals surface area contributed by atoms with Gasteiger partial charge in [0.1, 0.15) is 5.69 Å². The van der Waals surface area contributed by atoms with Gasteiger partial charge >= 0.3 is 0 Å². The Morgan fingerprint density at radius 2 is 2.08 bits per heavy atom. The Labute approximate surface area is 152 Å². The summed E-state index contributed by atoms with van der Waals surface area (Å²) in [6.07, 6.45) is 3.15. The molecule has 3 aliphatic rings. The van der Waals surface area contributed by atoms with Crippen molar-refractivity contribution < 1.29 is 19.5 Å². The first-order valence-corrected chi connectivity index (χ1v) is 9.44. The van der Waals surface area contributed by atoms with Crippen molar-refractivity contribution in [2.45, 2.75) is 51.6 Å². The number of carbonyl (C=O) groups is 3. The Kier molecular flexibility index (Phi) is 4.14. The van der Waals surface area contributed by atoms with E-state index in [9.17, 15) is 19.5 Å². The minimum absolute atomic E-state index is 0.0937. The molecule has 140 valence electrons. The molecule has 1 spiro atoms. The van der Waals surface area contributed by atoms with Crippen LogP contribution in [-0.4, -0.2) is 58.3 Å². The molecule has 1 aliphatic carbocycles. The van der Waals surface area contributed by atoms with Crippen molar-refractivity contribution in [2.75, 3.05) is 19.6 Å². The van der Waals surface area contributed by atoms with Gasteiger partial charge in [-0.3, -0.25) is 14.4 Å². The summed E-state index contributed by atoms with van der Waals surface area (Å²) in [6.45, 7) is 3.06. The normalized spacial score (nSPS) is 28.8. The van der Waals surface area contributed by atoms with E-state index in [2.05, 4.69) is 10.3 Å². The molecule has 3 heterocycles. The Balaban J connectivity index is 1.63. The van der Waals surface area contributed by atoms with E-state index in [-0.39, 0.29) is 24.1 Å². The molecule has 26 heavy (non-hydrogen) atoms. The van der Waals surface area contributed by atoms with E-state index in [1.165, 1.54) is 0 Å². The second kappa shape index (κ2) is 6.23. The second-order valence-electron chi connectivity index (χ2n) is 7.80. The number of aliphatic hydroxyl groups excluding tert-OH is 1. The average molecular weight is 359 g/mol. The number of aliphatic hydroxyl groups is 1. The number of carbonyl (C=O) groups excluding carboxylic acids is 3. The third-order valence-electron chi connectivity index (χ3n) is 6.26. The SMILES string of the molecule is Cc1c(C(=O)N2CC[C@@H](O)[C@@]3(CCCNC3=O)C2)[nH]c2c1C(=O)CCC2. The van der Waals surface area contributed by atoms with Crippen molar-refractivity contribution in [3.63, 3.8) is 0 Å². The third kappa shape index (κ3) is 2.48. The van der Waals surface area contributed by atoms with Gasteiger partial charge in [-0.1, -0.05) is 0 Å². The van der Waals surface area contributed by atoms with Crippen LogP contribution in [0.2, 0.25) is 0 Å². The summed E-state index contributed by atoms with van der Waals surface area (Å²) in [5.41, 5.74) is 1.77. The number of hydrogen-bond acceptors (Lipinski definition) is 4. The third-order valence-corrected chi connectivity index (χ3v) is 6.26. The number of H-pyrrole nitrogens is 1. The van der Waals surface area contributed by atoms with Crippen LogP contribution in [0.4, 0.5) is 0 Å². The molecule has 2 aliphatic heterocycles. The number of nitrogens with zero attached hydrogens (tertiary/aromatic N) is 1. The molecule has 1 aromatic heterocycles. The fraction of sp³-hybridized carbons (Fsp3) is 0.632. The van der Waals surface area contributed by atoms with Crippen LogP contribution in [0.3, 0.4) is 0 Å². The summed E-state index contributed by atoms with van der Waals surface area (Å²) in [4.78, 5) is 42.7. The molecule has 2 amide bonds. The summed E-state index contributed by atoms with van der Waals surface area (Å²) in [6, 6.07) is 0. The monoisotopic (exact) mass is 359 g/mol. The molecule has 4 rings (SSSR count). The molecule has 0 radical (unpaired) electrons. The van der Waals surface area contributed by atoms with Gasteiger partial charge in [-0.2, -0.15) is 0 Å². The number of hydrogen-bond donors (Lipinski definition) is 3. The predicted molar refractivity (Wildman–Crippen MR) is 94.0 cm³/mol. The van der Waals surface area contributed by atoms with Crippen LogP contribution in [-0.2, 0) is 11.2 Å². The second-order valence-corrected chi connectivity index (χ2v) is 7.80. The lowest BCUT2D eigenvalue weighted by Crippen LogP contribution is -2.62. The van der Waals surface area contributed by atoms with Crippen LogP contribution < -0.4 is 5.32 Å². The predicted octanol–water partition coefficient (Wildman–Crippen LogP) is 0.945. The van der Waals surface area contributed by atoms with Crippen molar-refractivity contribution in [1.82, 2.24) is 15.2 Å². The molecule has 0 bridgehead atoms. The minimum Gasteiger partial charge on any atom is -0.392 e. The molecule has 3 N–H and O–H groups in total. The average Bonchev–Trinajstić information content (AvgIpc) is 2.97. The van der Waals surface area contributed by atoms with Gasteiger partial charge in [0.05, 0.1) is 11.5 Å². The summed E-state index contributed by atoms with van der Waals surface area (Å²) in [7, 11) is 0. The number of likely N-dealkylation sites (tertiary alicyclic amines) is 1. The molecule has 0 unspecified atom stereocenters. The molecule has 0 saturated carbocycles. The number of aromatic amines is 1. The topological polar surface area (TPSA) is 102 Å². The van der Waals surface area contributed by atoms with Crippen LogP contribution in [0.5, 0.6) is 0 Å². The van der Waals surface area contributed by atoms with E-state index in [1.54, 1.807) is 4.90 Å². The van der Waals surface area contributed by atoms with Gasteiger partial charge in [-0.15, -0.1) is 0 Å². The van der Waals surface area contributed by atoms with Crippen molar-refractivity contribution in [3.05, 3.63) is 22.5 Å². The highest BCUT2D eigenvalue weighted by Crippen LogP contribution is 2.38. The zero-order valence-corrected chi connectivity index (χ0v) is 15.1. The molecule has 0 aromatic carbocycles. The van der Waals surface area contributed by atoms with Crippen LogP contribution in [0.25, 0.3) is 0 Å². The summed E-state index contributed by atoms with van der Waals surface area (Å²) in [5, 5.41) is 13.3. The van der Waals surface area contributed by atoms with E-state index in [0.717, 1.165) is 25.0 Å². The summed E-state index contributed by atoms with van der Waals surface area (Å²) < 4.78 is 0. The van der Waals surface area contributed by atoms with Gasteiger partial charge < -0.3 is 20.3 Å². The number of piperidine rings is 2. The van der Waals surface area contributed by atoms with Gasteiger partial charge in [0.15, 0.2) is 5.78 Å². The van der Waals surface area contributed by atoms with Crippen LogP contribution in [0.15, 0.2) is 0 Å². The Morgan fingerprint density at radius 3 is 2.81 bits per heavy atom. The van der Waals surface area contributed by atoms with Gasteiger partial charge in [-0.25, -0.2) is 0 Å². The quantitative estimate of drug-likeness (QED) is 0.694. The number of nitrogens with one attached hydrogen (secondary N) is 2. The van der Waals surface area contributed by atoms with Gasteiger partial charge in [0, 0.05) is 37.3 Å². The van der Waals surface area contributed by atoms with Gasteiger partial charge in [0.25, 0.3) is 5.91 Å². The Hall–Kier alpha value is -2.15. The highest BCUT2D eigenvalue weighted by Gasteiger charge is 2.51. The molecule has 7 heteroatoms. The Bertz CT molecular complexity index is 784. The smallest absolute Gasteiger partial charge is 0.270 e. The van der Waals surface area contributed by atoms with Crippen molar-refractivity contribution >= 4 is 17.6 Å². The molecule has 2 atom stereocenters. The number of aromatic nitrogens is 1. The number of ketones is 1. The lowest BCUT2D eigenvalue weighted by molar-refractivity contribution is -0.147. The van der Waals surface area contributed by atoms with Gasteiger partial charge in [-0.05, 0) is 44.6 Å². The van der Waals surface area contributed by atoms with Crippen LogP contribution >= 0.6 is 0 Å². The zero-order chi connectivity index (χ0) is 18.5. The molecular weight excluding hydrogens is 334 g/mol. The number of aryl methyl sites for hydroxylation is 1. The van der Waals surface area contributed by atoms with E-state index in [0.29, 0.717) is 49.2 Å². The standard InChI is InChI=1S/C19H25N3O4/c1-11-15-12(4-2-5-13(15)23)21-16(11)17(25)22-9-6-14(24)19(10-22)7-3-8-20-18(19)26/h14,21,24H,2-10H2,1H3,(H,20,26)/t14-,19-/m1/s1. The fourth-order valence-corrected chi connectivity index (χ4v) is 4.76. The highest BCUT2D eigenvalue weighted by molar-refractivity contribution is 6.04. The molecular formula is C19H25N3O4. The van der Waals surface area contributed by atoms with Crippen LogP contribution in [0, 0.1) is 12.3 Å². The Morgan fingerprint density at radius 1 is 1.27 bits per heavy atom. The summed E-state index contributed by atoms with van der Waals surface area (Å²) in [5.74, 6) is -0.253. The van der Waals surface area contributed by atoms with Crippen molar-refractivity contribution in [3.8, 4) is 0 Å². The largest absolute Gasteiger partial charge is 0.392 e. The number of fused-ring (bicyclic) bond motifs is 1. The van der Waals surface area contributed by atoms with Crippen LogP contribution in [0.1, 0.15) is 64.2 Å². The fourth-order valence-electron chi connectivity index (χ4n) is 4.76. The molecule has 7 nitrogen and oxygen atoms in total. The van der Waals surface area contributed by atoms with E-state index in [4.69, 9.17) is 0 Å². The zero-order valence-electron chi connectivity index (χ0n) is 15.1. The summed E-state index contributed by atoms with van der Waals surface area (Å²) >= 11 is 0. The maximum atomic E-state index is 13.2. The minimum atomic E-state index is -0.915. The number of amides is 2. The lowest BCUT2D eigenvalue weighted by atomic mass is 9.71. The molecule has 1 aromatic rings. The van der Waals surface area contributed by atoms with Gasteiger partial charge in [0.2, 0.25) is 5.91 Å². The van der Waals surface area contributed by atoms with E-state index in [1.807, 2.05) is 6.92 Å². The van der Waals surface area contributed by atoms with E-state index < -0.39 is 11.5 Å². The lowest BCUT2D eigenvalue weighted by Gasteiger charge is -2.46. The highest BCUT2D eigenvalue weighted by atomic mass is 16.3. The number of rotatable bonds is 1. The van der Waals surface area contributed by atoms with Crippen molar-refractivity contribution in [1.29, 1.82) is 0 Å². The molecule has 2 saturated heterocycles. The maximum absolute atomic E-state index is 13.2. The maximum Gasteiger partial charge on any atom is 0.270 e. The first kappa shape index (κ1) is 17.3. The van der Waals surface area contributed by atoms with E-state index >= 15 is 0 Å². The first-order chi connectivity index (χ1) is 12.4. The molecule has 2 fully saturated rings. The van der Waals surface area contributed by atoms with Crippen molar-refractivity contribution in [2.24, 2.45) is 5.41 Å². The number of Topliss-reactive ketones (excluding diaryl/α,β-unsaturated/α-hetero) is 1.